The van der Waals surface area contributed by atoms with Crippen LogP contribution < -0.4 is 0 Å². The van der Waals surface area contributed by atoms with Gasteiger partial charge in [0.05, 0.1) is 0 Å². The maximum atomic E-state index is 2.16. The van der Waals surface area contributed by atoms with Crippen LogP contribution in [0.5, 0.6) is 0 Å². The van der Waals surface area contributed by atoms with E-state index in [4.69, 9.17) is 0 Å². The highest BCUT2D eigenvalue weighted by molar-refractivity contribution is 4.98. The smallest absolute Gasteiger partial charge is 0.0133 e. The maximum Gasteiger partial charge on any atom is -0.0133 e. The lowest BCUT2D eigenvalue weighted by Crippen LogP contribution is -1.64. The second-order valence-corrected chi connectivity index (χ2v) is 1.88. The van der Waals surface area contributed by atoms with E-state index in [0.29, 0.717) is 0 Å². The van der Waals surface area contributed by atoms with Crippen LogP contribution in [0.15, 0.2) is 24.3 Å². The quantitative estimate of drug-likeness (QED) is 0.398. The number of hydrogen-bond donors (Lipinski definition) is 0. The van der Waals surface area contributed by atoms with Crippen molar-refractivity contribution < 1.29 is 0 Å². The van der Waals surface area contributed by atoms with Crippen molar-refractivity contribution in [3.05, 3.63) is 30.7 Å². The van der Waals surface area contributed by atoms with E-state index >= 15 is 0 Å². The highest BCUT2D eigenvalue weighted by Crippen LogP contribution is 1.91. The Labute approximate surface area is 58.3 Å². The number of rotatable bonds is 4. The fraction of sp³-hybridized carbons (Fsp3) is 0.444. The molecule has 51 valence electrons. The van der Waals surface area contributed by atoms with Crippen molar-refractivity contribution >= 4 is 0 Å². The van der Waals surface area contributed by atoms with Crippen LogP contribution in [0.4, 0.5) is 0 Å². The Balaban J connectivity index is 2.99. The zero-order valence-corrected chi connectivity index (χ0v) is 6.30. The van der Waals surface area contributed by atoms with Crippen LogP contribution in [0, 0.1) is 6.42 Å². The third-order valence-electron chi connectivity index (χ3n) is 1.02. The van der Waals surface area contributed by atoms with Crippen molar-refractivity contribution in [2.24, 2.45) is 0 Å². The van der Waals surface area contributed by atoms with Crippen LogP contribution >= 0.6 is 0 Å². The lowest BCUT2D eigenvalue weighted by molar-refractivity contribution is 1.20. The molecule has 0 unspecified atom stereocenters. The van der Waals surface area contributed by atoms with E-state index in [-0.39, 0.29) is 0 Å². The summed E-state index contributed by atoms with van der Waals surface area (Å²) in [7, 11) is 0. The molecule has 0 aromatic carbocycles. The van der Waals surface area contributed by atoms with Crippen LogP contribution in [0.2, 0.25) is 0 Å². The van der Waals surface area contributed by atoms with Gasteiger partial charge in [0, 0.05) is 0 Å². The molecule has 0 fully saturated rings. The molecule has 0 nitrogen and oxygen atoms in total. The molecule has 0 bridgehead atoms. The monoisotopic (exact) mass is 123 g/mol. The summed E-state index contributed by atoms with van der Waals surface area (Å²) in [5.41, 5.74) is 0. The van der Waals surface area contributed by atoms with Crippen molar-refractivity contribution in [1.82, 2.24) is 0 Å². The van der Waals surface area contributed by atoms with E-state index in [0.717, 1.165) is 12.8 Å². The molecule has 0 N–H and O–H groups in total. The molecule has 9 heavy (non-hydrogen) atoms. The molecule has 0 rings (SSSR count). The van der Waals surface area contributed by atoms with Crippen LogP contribution in [-0.4, -0.2) is 0 Å². The Morgan fingerprint density at radius 3 is 2.56 bits per heavy atom. The van der Waals surface area contributed by atoms with Gasteiger partial charge in [-0.25, -0.2) is 0 Å². The van der Waals surface area contributed by atoms with E-state index in [9.17, 15) is 0 Å². The molecule has 0 heteroatoms. The zero-order chi connectivity index (χ0) is 6.95. The fourth-order valence-electron chi connectivity index (χ4n) is 0.526. The highest BCUT2D eigenvalue weighted by atomic mass is 13.8. The van der Waals surface area contributed by atoms with Crippen LogP contribution in [0.3, 0.4) is 0 Å². The summed E-state index contributed by atoms with van der Waals surface area (Å²) in [6.45, 7) is 4.18. The molecular formula is C9H15. The molecule has 0 aromatic rings. The molecule has 0 saturated carbocycles. The molecule has 0 saturated heterocycles. The average molecular weight is 123 g/mol. The fourth-order valence-corrected chi connectivity index (χ4v) is 0.526. The van der Waals surface area contributed by atoms with Gasteiger partial charge in [0.1, 0.15) is 0 Å². The van der Waals surface area contributed by atoms with Gasteiger partial charge in [0.2, 0.25) is 0 Å². The molecule has 0 aliphatic heterocycles. The number of hydrogen-bond acceptors (Lipinski definition) is 0. The largest absolute Gasteiger partial charge is 0.0916 e. The van der Waals surface area contributed by atoms with E-state index < -0.39 is 0 Å². The van der Waals surface area contributed by atoms with Gasteiger partial charge in [0.25, 0.3) is 0 Å². The Hall–Kier alpha value is -0.520. The highest BCUT2D eigenvalue weighted by Gasteiger charge is 1.73. The zero-order valence-electron chi connectivity index (χ0n) is 6.30. The SMILES string of the molecule is CC=CC[CH]C=CCC. The van der Waals surface area contributed by atoms with Gasteiger partial charge in [-0.05, 0) is 26.2 Å². The van der Waals surface area contributed by atoms with Crippen LogP contribution in [0.25, 0.3) is 0 Å². The van der Waals surface area contributed by atoms with Gasteiger partial charge in [-0.1, -0.05) is 31.2 Å². The minimum absolute atomic E-state index is 1.06. The van der Waals surface area contributed by atoms with E-state index in [1.165, 1.54) is 0 Å². The van der Waals surface area contributed by atoms with Gasteiger partial charge in [-0.3, -0.25) is 0 Å². The van der Waals surface area contributed by atoms with Crippen LogP contribution in [0.1, 0.15) is 26.7 Å². The van der Waals surface area contributed by atoms with Crippen LogP contribution in [-0.2, 0) is 0 Å². The summed E-state index contributed by atoms with van der Waals surface area (Å²) < 4.78 is 0. The van der Waals surface area contributed by atoms with Crippen molar-refractivity contribution in [2.75, 3.05) is 0 Å². The summed E-state index contributed by atoms with van der Waals surface area (Å²) >= 11 is 0. The third-order valence-corrected chi connectivity index (χ3v) is 1.02. The Morgan fingerprint density at radius 1 is 1.22 bits per heavy atom. The lowest BCUT2D eigenvalue weighted by atomic mass is 10.2. The summed E-state index contributed by atoms with van der Waals surface area (Å²) in [6, 6.07) is 0. The van der Waals surface area contributed by atoms with Crippen molar-refractivity contribution in [2.45, 2.75) is 26.7 Å². The first-order valence-corrected chi connectivity index (χ1v) is 3.51. The summed E-state index contributed by atoms with van der Waals surface area (Å²) in [5, 5.41) is 0. The van der Waals surface area contributed by atoms with Gasteiger partial charge in [-0.15, -0.1) is 0 Å². The summed E-state index contributed by atoms with van der Waals surface area (Å²) in [4.78, 5) is 0. The van der Waals surface area contributed by atoms with Crippen molar-refractivity contribution in [1.29, 1.82) is 0 Å². The molecule has 0 amide bonds. The van der Waals surface area contributed by atoms with Gasteiger partial charge >= 0.3 is 0 Å². The van der Waals surface area contributed by atoms with E-state index in [1.807, 2.05) is 6.92 Å². The second-order valence-electron chi connectivity index (χ2n) is 1.88. The van der Waals surface area contributed by atoms with E-state index in [1.54, 1.807) is 0 Å². The lowest BCUT2D eigenvalue weighted by Gasteiger charge is -1.82. The molecule has 0 aromatic heterocycles. The normalized spacial score (nSPS) is 11.8. The maximum absolute atomic E-state index is 2.16. The Bertz CT molecular complexity index is 88.2. The van der Waals surface area contributed by atoms with E-state index in [2.05, 4.69) is 37.6 Å². The molecule has 1 radical (unpaired) electrons. The molecule has 0 aliphatic rings. The first-order chi connectivity index (χ1) is 4.41. The first kappa shape index (κ1) is 8.48. The molecule has 0 aliphatic carbocycles. The van der Waals surface area contributed by atoms with Crippen molar-refractivity contribution in [3.63, 3.8) is 0 Å². The molecular weight excluding hydrogens is 108 g/mol. The third kappa shape index (κ3) is 7.48. The number of allylic oxidation sites excluding steroid dienone is 4. The summed E-state index contributed by atoms with van der Waals surface area (Å²) in [5.74, 6) is 0. The molecule has 0 spiro atoms. The second kappa shape index (κ2) is 7.48. The Kier molecular flexibility index (Phi) is 7.05. The van der Waals surface area contributed by atoms with Gasteiger partial charge in [0.15, 0.2) is 0 Å². The topological polar surface area (TPSA) is 0 Å². The number of unbranched alkanes of at least 4 members (excludes halogenated alkanes) is 1. The summed E-state index contributed by atoms with van der Waals surface area (Å²) in [6.07, 6.45) is 12.8. The van der Waals surface area contributed by atoms with Gasteiger partial charge in [-0.2, -0.15) is 0 Å². The predicted molar refractivity (Wildman–Crippen MR) is 43.2 cm³/mol. The molecule has 0 atom stereocenters. The van der Waals surface area contributed by atoms with Gasteiger partial charge < -0.3 is 0 Å². The predicted octanol–water partition coefficient (Wildman–Crippen LogP) is 3.12. The minimum atomic E-state index is 1.06. The first-order valence-electron chi connectivity index (χ1n) is 3.51. The molecule has 0 heterocycles. The minimum Gasteiger partial charge on any atom is -0.0916 e. The average Bonchev–Trinajstić information content (AvgIpc) is 1.89. The Morgan fingerprint density at radius 2 is 2.00 bits per heavy atom. The van der Waals surface area contributed by atoms with Crippen molar-refractivity contribution in [3.8, 4) is 0 Å². The standard InChI is InChI=1S/C9H15/c1-3-5-7-9-8-6-4-2/h3,5-6,8-9H,4,7H2,1-2H3.